The van der Waals surface area contributed by atoms with Crippen LogP contribution in [0.5, 0.6) is 0 Å². The molecule has 2 aliphatic carbocycles. The van der Waals surface area contributed by atoms with Crippen molar-refractivity contribution in [3.05, 3.63) is 60.6 Å². The first kappa shape index (κ1) is 23.8. The molecule has 0 bridgehead atoms. The number of hydrogen-bond acceptors (Lipinski definition) is 8. The Morgan fingerprint density at radius 3 is 2.69 bits per heavy atom. The summed E-state index contributed by atoms with van der Waals surface area (Å²) in [7, 11) is 0. The highest BCUT2D eigenvalue weighted by Crippen LogP contribution is 2.41. The third-order valence-corrected chi connectivity index (χ3v) is 8.07. The number of fused-ring (bicyclic) bond motifs is 2. The molecule has 1 saturated heterocycles. The van der Waals surface area contributed by atoms with Crippen molar-refractivity contribution in [2.45, 2.75) is 38.3 Å². The summed E-state index contributed by atoms with van der Waals surface area (Å²) in [6.07, 6.45) is 12.9. The molecule has 1 aromatic carbocycles. The molecule has 4 heterocycles. The number of anilines is 5. The summed E-state index contributed by atoms with van der Waals surface area (Å²) in [5.74, 6) is 2.35. The van der Waals surface area contributed by atoms with Crippen molar-refractivity contribution >= 4 is 40.8 Å². The van der Waals surface area contributed by atoms with Crippen LogP contribution >= 0.6 is 0 Å². The summed E-state index contributed by atoms with van der Waals surface area (Å²) in [6.45, 7) is 3.54. The lowest BCUT2D eigenvalue weighted by atomic mass is 9.77. The Morgan fingerprint density at radius 2 is 1.95 bits per heavy atom. The van der Waals surface area contributed by atoms with E-state index < -0.39 is 0 Å². The average molecular weight is 527 g/mol. The molecule has 39 heavy (non-hydrogen) atoms. The van der Waals surface area contributed by atoms with Crippen molar-refractivity contribution in [1.29, 1.82) is 0 Å². The number of rotatable bonds is 8. The second kappa shape index (κ2) is 9.81. The largest absolute Gasteiger partial charge is 0.363 e. The molecule has 2 aliphatic heterocycles. The topological polar surface area (TPSA) is 120 Å². The summed E-state index contributed by atoms with van der Waals surface area (Å²) in [4.78, 5) is 41.4. The molecule has 2 unspecified atom stereocenters. The number of amides is 3. The number of aromatic nitrogens is 3. The van der Waals surface area contributed by atoms with E-state index in [1.165, 1.54) is 25.3 Å². The molecule has 2 saturated carbocycles. The number of benzene rings is 1. The fraction of sp³-hybridized carbons (Fsp3) is 0.393. The van der Waals surface area contributed by atoms with Gasteiger partial charge in [0.2, 0.25) is 11.9 Å². The molecule has 3 aromatic rings. The van der Waals surface area contributed by atoms with Gasteiger partial charge in [0, 0.05) is 49.2 Å². The first-order chi connectivity index (χ1) is 19.1. The van der Waals surface area contributed by atoms with Gasteiger partial charge < -0.3 is 20.1 Å². The summed E-state index contributed by atoms with van der Waals surface area (Å²) < 4.78 is 4.88. The summed E-state index contributed by atoms with van der Waals surface area (Å²) >= 11 is 0. The van der Waals surface area contributed by atoms with Crippen molar-refractivity contribution < 1.29 is 14.1 Å². The smallest absolute Gasteiger partial charge is 0.330 e. The van der Waals surface area contributed by atoms with Gasteiger partial charge in [-0.25, -0.2) is 14.7 Å². The quantitative estimate of drug-likeness (QED) is 0.418. The number of carbonyl (C=O) groups excluding carboxylic acids is 2. The molecule has 11 heteroatoms. The van der Waals surface area contributed by atoms with Crippen LogP contribution in [0.2, 0.25) is 0 Å². The van der Waals surface area contributed by atoms with E-state index in [9.17, 15) is 9.59 Å². The van der Waals surface area contributed by atoms with Gasteiger partial charge in [-0.05, 0) is 55.7 Å². The Morgan fingerprint density at radius 1 is 1.10 bits per heavy atom. The molecule has 4 aliphatic rings. The van der Waals surface area contributed by atoms with Gasteiger partial charge in [0.05, 0.1) is 18.4 Å². The first-order valence-electron chi connectivity index (χ1n) is 13.5. The zero-order chi connectivity index (χ0) is 26.3. The van der Waals surface area contributed by atoms with Crippen LogP contribution < -0.4 is 15.5 Å². The van der Waals surface area contributed by atoms with Crippen LogP contribution in [0.3, 0.4) is 0 Å². The standard InChI is InChI=1S/C28H30N8O3/c37-25(5-2-10-34-14-18-6-7-19(18)15-34)31-21-3-1-4-24(11-21)36-26-20(16-35(28(36)38)23-8-9-23)12-29-27(33-26)32-22-13-30-39-17-22/h1-5,11-13,17-19,23H,6-10,14-16H2,(H,31,37)(H,29,32,33)/b5-2+. The molecule has 2 N–H and O–H groups in total. The molecule has 2 atom stereocenters. The maximum Gasteiger partial charge on any atom is 0.330 e. The minimum absolute atomic E-state index is 0.136. The van der Waals surface area contributed by atoms with E-state index in [1.54, 1.807) is 23.2 Å². The monoisotopic (exact) mass is 526 g/mol. The van der Waals surface area contributed by atoms with E-state index >= 15 is 0 Å². The molecule has 11 nitrogen and oxygen atoms in total. The van der Waals surface area contributed by atoms with Crippen molar-refractivity contribution in [2.75, 3.05) is 35.2 Å². The van der Waals surface area contributed by atoms with Crippen LogP contribution in [-0.2, 0) is 11.3 Å². The summed E-state index contributed by atoms with van der Waals surface area (Å²) in [6, 6.07) is 7.39. The molecule has 3 fully saturated rings. The van der Waals surface area contributed by atoms with Crippen LogP contribution in [0.4, 0.5) is 33.6 Å². The SMILES string of the molecule is O=C(/C=C/CN1CC2CCC2C1)Nc1cccc(N2C(=O)N(C3CC3)Cc3cnc(Nc4cnoc4)nc32)c1. The van der Waals surface area contributed by atoms with Crippen molar-refractivity contribution in [1.82, 2.24) is 24.9 Å². The summed E-state index contributed by atoms with van der Waals surface area (Å²) in [5, 5.41) is 9.69. The Hall–Kier alpha value is -4.25. The van der Waals surface area contributed by atoms with Crippen LogP contribution in [0.25, 0.3) is 0 Å². The third-order valence-electron chi connectivity index (χ3n) is 8.07. The Kier molecular flexibility index (Phi) is 5.99. The van der Waals surface area contributed by atoms with Crippen molar-refractivity contribution in [2.24, 2.45) is 11.8 Å². The van der Waals surface area contributed by atoms with Crippen LogP contribution in [-0.4, -0.2) is 62.5 Å². The van der Waals surface area contributed by atoms with E-state index in [2.05, 4.69) is 30.7 Å². The minimum Gasteiger partial charge on any atom is -0.363 e. The minimum atomic E-state index is -0.193. The number of nitrogens with zero attached hydrogens (tertiary/aromatic N) is 6. The molecule has 0 radical (unpaired) electrons. The van der Waals surface area contributed by atoms with Gasteiger partial charge in [-0.15, -0.1) is 0 Å². The zero-order valence-corrected chi connectivity index (χ0v) is 21.5. The van der Waals surface area contributed by atoms with Gasteiger partial charge in [-0.2, -0.15) is 4.98 Å². The van der Waals surface area contributed by atoms with Crippen LogP contribution in [0.15, 0.2) is 59.6 Å². The summed E-state index contributed by atoms with van der Waals surface area (Å²) in [5.41, 5.74) is 2.69. The second-order valence-corrected chi connectivity index (χ2v) is 10.8. The van der Waals surface area contributed by atoms with Crippen LogP contribution in [0.1, 0.15) is 31.2 Å². The number of carbonyl (C=O) groups is 2. The van der Waals surface area contributed by atoms with Gasteiger partial charge in [-0.1, -0.05) is 17.3 Å². The molecular weight excluding hydrogens is 496 g/mol. The normalized spacial score (nSPS) is 22.5. The van der Waals surface area contributed by atoms with Gasteiger partial charge in [0.25, 0.3) is 0 Å². The molecule has 0 spiro atoms. The third kappa shape index (κ3) is 4.85. The molecule has 2 aromatic heterocycles. The Labute approximate surface area is 225 Å². The van der Waals surface area contributed by atoms with E-state index in [4.69, 9.17) is 4.52 Å². The second-order valence-electron chi connectivity index (χ2n) is 10.8. The van der Waals surface area contributed by atoms with Gasteiger partial charge >= 0.3 is 6.03 Å². The van der Waals surface area contributed by atoms with Crippen LogP contribution in [0, 0.1) is 11.8 Å². The van der Waals surface area contributed by atoms with E-state index in [1.807, 2.05) is 29.2 Å². The fourth-order valence-electron chi connectivity index (χ4n) is 5.75. The highest BCUT2D eigenvalue weighted by atomic mass is 16.5. The predicted molar refractivity (Wildman–Crippen MR) is 145 cm³/mol. The van der Waals surface area contributed by atoms with Gasteiger partial charge in [0.15, 0.2) is 5.82 Å². The van der Waals surface area contributed by atoms with E-state index in [0.29, 0.717) is 35.4 Å². The zero-order valence-electron chi connectivity index (χ0n) is 21.5. The van der Waals surface area contributed by atoms with Gasteiger partial charge in [-0.3, -0.25) is 9.69 Å². The lowest BCUT2D eigenvalue weighted by Crippen LogP contribution is -2.46. The maximum absolute atomic E-state index is 13.7. The predicted octanol–water partition coefficient (Wildman–Crippen LogP) is 4.28. The molecule has 3 amide bonds. The lowest BCUT2D eigenvalue weighted by Gasteiger charge is -2.36. The fourth-order valence-corrected chi connectivity index (χ4v) is 5.75. The Bertz CT molecular complexity index is 1410. The first-order valence-corrected chi connectivity index (χ1v) is 13.5. The number of nitrogens with one attached hydrogen (secondary N) is 2. The highest BCUT2D eigenvalue weighted by Gasteiger charge is 2.41. The maximum atomic E-state index is 13.7. The molecule has 200 valence electrons. The van der Waals surface area contributed by atoms with Crippen molar-refractivity contribution in [3.8, 4) is 0 Å². The number of hydrogen-bond donors (Lipinski definition) is 2. The highest BCUT2D eigenvalue weighted by molar-refractivity contribution is 6.03. The number of urea groups is 1. The lowest BCUT2D eigenvalue weighted by molar-refractivity contribution is -0.111. The molecule has 7 rings (SSSR count). The van der Waals surface area contributed by atoms with Crippen molar-refractivity contribution in [3.63, 3.8) is 0 Å². The average Bonchev–Trinajstić information content (AvgIpc) is 3.56. The number of likely N-dealkylation sites (tertiary alicyclic amines) is 1. The van der Waals surface area contributed by atoms with E-state index in [-0.39, 0.29) is 18.0 Å². The van der Waals surface area contributed by atoms with Gasteiger partial charge in [0.1, 0.15) is 12.0 Å². The molecular formula is C28H30N8O3. The Balaban J connectivity index is 1.10. The van der Waals surface area contributed by atoms with E-state index in [0.717, 1.165) is 49.9 Å².